The summed E-state index contributed by atoms with van der Waals surface area (Å²) in [6, 6.07) is 0. The number of rotatable bonds is 3. The molecule has 0 saturated heterocycles. The molecule has 0 aromatic carbocycles. The lowest BCUT2D eigenvalue weighted by atomic mass is 9.99. The Kier molecular flexibility index (Phi) is 3.11. The van der Waals surface area contributed by atoms with Gasteiger partial charge in [-0.2, -0.15) is 0 Å². The van der Waals surface area contributed by atoms with Crippen molar-refractivity contribution in [2.24, 2.45) is 0 Å². The first-order valence-electron chi connectivity index (χ1n) is 3.06. The fourth-order valence-corrected chi connectivity index (χ4v) is 0.545. The van der Waals surface area contributed by atoms with Crippen LogP contribution < -0.4 is 0 Å². The Hall–Kier alpha value is -0.120. The molecule has 56 valence electrons. The highest BCUT2D eigenvalue weighted by molar-refractivity contribution is 4.79. The predicted octanol–water partition coefficient (Wildman–Crippen LogP) is -0.499. The van der Waals surface area contributed by atoms with E-state index < -0.39 is 18.3 Å². The van der Waals surface area contributed by atoms with Crippen LogP contribution in [0, 0.1) is 0 Å². The third-order valence-corrected chi connectivity index (χ3v) is 1.42. The highest BCUT2D eigenvalue weighted by atomic mass is 16.4. The molecule has 0 aliphatic heterocycles. The van der Waals surface area contributed by atoms with Crippen molar-refractivity contribution in [3.63, 3.8) is 0 Å². The lowest BCUT2D eigenvalue weighted by Gasteiger charge is -2.25. The van der Waals surface area contributed by atoms with Crippen molar-refractivity contribution in [1.82, 2.24) is 0 Å². The standard InChI is InChI=1S/C6H14O3/c1-3-5(8)6(2,9)4-7/h5,7-9H,3-4H2,1-2H3. The van der Waals surface area contributed by atoms with E-state index in [0.717, 1.165) is 0 Å². The van der Waals surface area contributed by atoms with Gasteiger partial charge in [0.25, 0.3) is 0 Å². The molecule has 0 aromatic heterocycles. The average molecular weight is 134 g/mol. The molecule has 0 amide bonds. The molecule has 3 heteroatoms. The van der Waals surface area contributed by atoms with Gasteiger partial charge >= 0.3 is 0 Å². The fraction of sp³-hybridized carbons (Fsp3) is 1.00. The molecule has 0 fully saturated rings. The van der Waals surface area contributed by atoms with Crippen molar-refractivity contribution in [2.45, 2.75) is 32.0 Å². The summed E-state index contributed by atoms with van der Waals surface area (Å²) < 4.78 is 0. The zero-order valence-electron chi connectivity index (χ0n) is 5.83. The minimum Gasteiger partial charge on any atom is -0.393 e. The quantitative estimate of drug-likeness (QED) is 0.487. The molecule has 3 nitrogen and oxygen atoms in total. The maximum atomic E-state index is 9.09. The van der Waals surface area contributed by atoms with Crippen LogP contribution in [-0.2, 0) is 0 Å². The summed E-state index contributed by atoms with van der Waals surface area (Å²) in [5, 5.41) is 26.6. The van der Waals surface area contributed by atoms with E-state index in [2.05, 4.69) is 0 Å². The van der Waals surface area contributed by atoms with Crippen LogP contribution in [0.3, 0.4) is 0 Å². The van der Waals surface area contributed by atoms with Gasteiger partial charge in [0.1, 0.15) is 5.60 Å². The molecular formula is C6H14O3. The first-order chi connectivity index (χ1) is 4.04. The summed E-state index contributed by atoms with van der Waals surface area (Å²) in [5.41, 5.74) is -1.34. The molecule has 0 aromatic rings. The second-order valence-electron chi connectivity index (χ2n) is 2.44. The van der Waals surface area contributed by atoms with Gasteiger partial charge < -0.3 is 15.3 Å². The Morgan fingerprint density at radius 2 is 2.00 bits per heavy atom. The van der Waals surface area contributed by atoms with E-state index in [9.17, 15) is 0 Å². The Bertz CT molecular complexity index is 80.4. The van der Waals surface area contributed by atoms with Crippen LogP contribution in [0.25, 0.3) is 0 Å². The van der Waals surface area contributed by atoms with E-state index >= 15 is 0 Å². The van der Waals surface area contributed by atoms with E-state index in [4.69, 9.17) is 15.3 Å². The van der Waals surface area contributed by atoms with Gasteiger partial charge in [0.2, 0.25) is 0 Å². The van der Waals surface area contributed by atoms with Gasteiger partial charge in [-0.25, -0.2) is 0 Å². The molecular weight excluding hydrogens is 120 g/mol. The number of hydrogen-bond donors (Lipinski definition) is 3. The Labute approximate surface area is 54.9 Å². The molecule has 3 N–H and O–H groups in total. The van der Waals surface area contributed by atoms with Crippen molar-refractivity contribution in [3.05, 3.63) is 0 Å². The van der Waals surface area contributed by atoms with Crippen LogP contribution in [-0.4, -0.2) is 33.6 Å². The Balaban J connectivity index is 3.80. The molecule has 0 spiro atoms. The van der Waals surface area contributed by atoms with E-state index in [1.54, 1.807) is 6.92 Å². The van der Waals surface area contributed by atoms with Crippen molar-refractivity contribution >= 4 is 0 Å². The van der Waals surface area contributed by atoms with E-state index in [-0.39, 0.29) is 0 Å². The molecule has 0 rings (SSSR count). The second kappa shape index (κ2) is 3.15. The first kappa shape index (κ1) is 8.88. The zero-order chi connectivity index (χ0) is 7.49. The highest BCUT2D eigenvalue weighted by Gasteiger charge is 2.27. The molecule has 2 unspecified atom stereocenters. The van der Waals surface area contributed by atoms with Gasteiger partial charge in [-0.15, -0.1) is 0 Å². The third kappa shape index (κ3) is 2.30. The number of aliphatic hydroxyl groups is 3. The topological polar surface area (TPSA) is 60.7 Å². The molecule has 0 aliphatic carbocycles. The summed E-state index contributed by atoms with van der Waals surface area (Å²) in [6.07, 6.45) is -0.379. The van der Waals surface area contributed by atoms with Crippen LogP contribution in [0.5, 0.6) is 0 Å². The zero-order valence-corrected chi connectivity index (χ0v) is 5.83. The maximum absolute atomic E-state index is 9.09. The molecule has 0 aliphatic rings. The van der Waals surface area contributed by atoms with Crippen molar-refractivity contribution < 1.29 is 15.3 Å². The minimum absolute atomic E-state index is 0.401. The molecule has 0 saturated carbocycles. The van der Waals surface area contributed by atoms with Crippen LogP contribution >= 0.6 is 0 Å². The van der Waals surface area contributed by atoms with Gasteiger partial charge in [0.05, 0.1) is 12.7 Å². The fourth-order valence-electron chi connectivity index (χ4n) is 0.545. The average Bonchev–Trinajstić information content (AvgIpc) is 1.86. The molecule has 0 bridgehead atoms. The molecule has 0 heterocycles. The monoisotopic (exact) mass is 134 g/mol. The SMILES string of the molecule is CCC(O)C(C)(O)CO. The normalized spacial score (nSPS) is 21.0. The first-order valence-corrected chi connectivity index (χ1v) is 3.06. The van der Waals surface area contributed by atoms with Crippen LogP contribution in [0.1, 0.15) is 20.3 Å². The largest absolute Gasteiger partial charge is 0.393 e. The summed E-state index contributed by atoms with van der Waals surface area (Å²) in [7, 11) is 0. The van der Waals surface area contributed by atoms with E-state index in [1.807, 2.05) is 0 Å². The lowest BCUT2D eigenvalue weighted by molar-refractivity contribution is -0.0927. The predicted molar refractivity (Wildman–Crippen MR) is 34.0 cm³/mol. The maximum Gasteiger partial charge on any atom is 0.111 e. The van der Waals surface area contributed by atoms with Gasteiger partial charge in [0.15, 0.2) is 0 Å². The molecule has 0 radical (unpaired) electrons. The van der Waals surface area contributed by atoms with E-state index in [1.165, 1.54) is 6.92 Å². The molecule has 9 heavy (non-hydrogen) atoms. The Morgan fingerprint density at radius 1 is 1.56 bits per heavy atom. The molecule has 2 atom stereocenters. The van der Waals surface area contributed by atoms with Gasteiger partial charge in [-0.1, -0.05) is 6.92 Å². The number of aliphatic hydroxyl groups excluding tert-OH is 2. The van der Waals surface area contributed by atoms with Crippen LogP contribution in [0.4, 0.5) is 0 Å². The summed E-state index contributed by atoms with van der Waals surface area (Å²) >= 11 is 0. The summed E-state index contributed by atoms with van der Waals surface area (Å²) in [4.78, 5) is 0. The van der Waals surface area contributed by atoms with Crippen molar-refractivity contribution in [1.29, 1.82) is 0 Å². The second-order valence-corrected chi connectivity index (χ2v) is 2.44. The minimum atomic E-state index is -1.34. The van der Waals surface area contributed by atoms with Crippen LogP contribution in [0.2, 0.25) is 0 Å². The third-order valence-electron chi connectivity index (χ3n) is 1.42. The van der Waals surface area contributed by atoms with Crippen LogP contribution in [0.15, 0.2) is 0 Å². The van der Waals surface area contributed by atoms with Gasteiger partial charge in [-0.05, 0) is 13.3 Å². The van der Waals surface area contributed by atoms with Crippen molar-refractivity contribution in [2.75, 3.05) is 6.61 Å². The van der Waals surface area contributed by atoms with E-state index in [0.29, 0.717) is 6.42 Å². The highest BCUT2D eigenvalue weighted by Crippen LogP contribution is 2.10. The lowest BCUT2D eigenvalue weighted by Crippen LogP contribution is -2.42. The number of hydrogen-bond acceptors (Lipinski definition) is 3. The summed E-state index contributed by atoms with van der Waals surface area (Å²) in [5.74, 6) is 0. The van der Waals surface area contributed by atoms with Gasteiger partial charge in [0, 0.05) is 0 Å². The Morgan fingerprint density at radius 3 is 2.11 bits per heavy atom. The summed E-state index contributed by atoms with van der Waals surface area (Å²) in [6.45, 7) is 2.75. The van der Waals surface area contributed by atoms with Gasteiger partial charge in [-0.3, -0.25) is 0 Å². The van der Waals surface area contributed by atoms with Crippen molar-refractivity contribution in [3.8, 4) is 0 Å². The smallest absolute Gasteiger partial charge is 0.111 e.